The molecule has 0 aliphatic carbocycles. The number of aryl methyl sites for hydroxylation is 1. The smallest absolute Gasteiger partial charge is 0.132 e. The van der Waals surface area contributed by atoms with Crippen molar-refractivity contribution < 1.29 is 4.74 Å². The summed E-state index contributed by atoms with van der Waals surface area (Å²) in [5.41, 5.74) is 2.50. The van der Waals surface area contributed by atoms with Crippen LogP contribution in [0, 0.1) is 0 Å². The number of benzene rings is 1. The molecule has 1 aliphatic rings. The number of aromatic nitrogens is 1. The van der Waals surface area contributed by atoms with E-state index in [1.165, 1.54) is 17.4 Å². The first kappa shape index (κ1) is 11.6. The zero-order chi connectivity index (χ0) is 12.4. The van der Waals surface area contributed by atoms with Crippen molar-refractivity contribution in [2.75, 3.05) is 13.1 Å². The van der Waals surface area contributed by atoms with E-state index < -0.39 is 0 Å². The van der Waals surface area contributed by atoms with E-state index in [0.29, 0.717) is 6.10 Å². The zero-order valence-corrected chi connectivity index (χ0v) is 10.8. The standard InChI is InChI=1S/C15H20N2O/c1-2-8-16-10-12-5-3-11-4-6-14-13(7-9-17-14)15(11)18-12/h4,6-7,9,12,16-17H,2-3,5,8,10H2,1H3/t12-/m1/s1. The molecule has 0 fully saturated rings. The molecule has 1 aliphatic heterocycles. The van der Waals surface area contributed by atoms with Gasteiger partial charge in [-0.25, -0.2) is 0 Å². The van der Waals surface area contributed by atoms with Gasteiger partial charge in [0, 0.05) is 23.6 Å². The van der Waals surface area contributed by atoms with Gasteiger partial charge in [-0.15, -0.1) is 0 Å². The Labute approximate surface area is 108 Å². The van der Waals surface area contributed by atoms with E-state index in [0.717, 1.165) is 37.2 Å². The number of H-pyrrole nitrogens is 1. The molecule has 1 atom stereocenters. The molecule has 0 amide bonds. The van der Waals surface area contributed by atoms with Crippen LogP contribution in [0.1, 0.15) is 25.3 Å². The lowest BCUT2D eigenvalue weighted by molar-refractivity contribution is 0.173. The Bertz CT molecular complexity index is 532. The Morgan fingerprint density at radius 2 is 2.33 bits per heavy atom. The van der Waals surface area contributed by atoms with Gasteiger partial charge in [-0.2, -0.15) is 0 Å². The van der Waals surface area contributed by atoms with Crippen LogP contribution < -0.4 is 10.1 Å². The summed E-state index contributed by atoms with van der Waals surface area (Å²) < 4.78 is 6.17. The average molecular weight is 244 g/mol. The average Bonchev–Trinajstić information content (AvgIpc) is 2.87. The van der Waals surface area contributed by atoms with E-state index in [9.17, 15) is 0 Å². The number of fused-ring (bicyclic) bond motifs is 3. The minimum atomic E-state index is 0.310. The number of rotatable bonds is 4. The van der Waals surface area contributed by atoms with Crippen molar-refractivity contribution >= 4 is 10.9 Å². The molecule has 0 unspecified atom stereocenters. The molecule has 3 nitrogen and oxygen atoms in total. The number of nitrogens with one attached hydrogen (secondary N) is 2. The fourth-order valence-corrected chi connectivity index (χ4v) is 2.61. The zero-order valence-electron chi connectivity index (χ0n) is 10.8. The second-order valence-corrected chi connectivity index (χ2v) is 4.98. The van der Waals surface area contributed by atoms with Gasteiger partial charge in [0.1, 0.15) is 11.9 Å². The van der Waals surface area contributed by atoms with Gasteiger partial charge in [-0.05, 0) is 43.5 Å². The Kier molecular flexibility index (Phi) is 3.24. The van der Waals surface area contributed by atoms with Crippen LogP contribution >= 0.6 is 0 Å². The molecule has 3 rings (SSSR count). The van der Waals surface area contributed by atoms with Crippen molar-refractivity contribution in [3.05, 3.63) is 30.0 Å². The maximum atomic E-state index is 6.17. The number of aromatic amines is 1. The summed E-state index contributed by atoms with van der Waals surface area (Å²) in [6, 6.07) is 6.44. The summed E-state index contributed by atoms with van der Waals surface area (Å²) in [6.07, 6.45) is 5.69. The molecule has 0 saturated carbocycles. The highest BCUT2D eigenvalue weighted by Gasteiger charge is 2.21. The first-order chi connectivity index (χ1) is 8.88. The molecule has 2 heterocycles. The van der Waals surface area contributed by atoms with Gasteiger partial charge in [-0.3, -0.25) is 0 Å². The largest absolute Gasteiger partial charge is 0.488 e. The first-order valence-electron chi connectivity index (χ1n) is 6.85. The second-order valence-electron chi connectivity index (χ2n) is 4.98. The molecule has 1 aromatic heterocycles. The summed E-state index contributed by atoms with van der Waals surface area (Å²) >= 11 is 0. The highest BCUT2D eigenvalue weighted by Crippen LogP contribution is 2.34. The number of ether oxygens (including phenoxy) is 1. The van der Waals surface area contributed by atoms with E-state index in [2.05, 4.69) is 35.4 Å². The predicted octanol–water partition coefficient (Wildman–Crippen LogP) is 2.86. The Morgan fingerprint density at radius 1 is 1.39 bits per heavy atom. The van der Waals surface area contributed by atoms with Crippen LogP contribution in [0.25, 0.3) is 10.9 Å². The molecule has 3 heteroatoms. The van der Waals surface area contributed by atoms with Crippen molar-refractivity contribution in [1.29, 1.82) is 0 Å². The van der Waals surface area contributed by atoms with Crippen molar-refractivity contribution in [2.24, 2.45) is 0 Å². The summed E-state index contributed by atoms with van der Waals surface area (Å²) in [5.74, 6) is 1.09. The fourth-order valence-electron chi connectivity index (χ4n) is 2.61. The van der Waals surface area contributed by atoms with Crippen LogP contribution in [0.15, 0.2) is 24.4 Å². The van der Waals surface area contributed by atoms with Gasteiger partial charge >= 0.3 is 0 Å². The monoisotopic (exact) mass is 244 g/mol. The van der Waals surface area contributed by atoms with Crippen LogP contribution in [-0.2, 0) is 6.42 Å². The molecule has 96 valence electrons. The van der Waals surface area contributed by atoms with Crippen LogP contribution in [0.3, 0.4) is 0 Å². The van der Waals surface area contributed by atoms with E-state index in [1.54, 1.807) is 0 Å². The lowest BCUT2D eigenvalue weighted by Gasteiger charge is -2.27. The van der Waals surface area contributed by atoms with E-state index >= 15 is 0 Å². The topological polar surface area (TPSA) is 37.0 Å². The van der Waals surface area contributed by atoms with Crippen LogP contribution in [-0.4, -0.2) is 24.2 Å². The highest BCUT2D eigenvalue weighted by atomic mass is 16.5. The molecule has 2 aromatic rings. The molecular weight excluding hydrogens is 224 g/mol. The lowest BCUT2D eigenvalue weighted by atomic mass is 10.00. The van der Waals surface area contributed by atoms with Crippen molar-refractivity contribution in [3.63, 3.8) is 0 Å². The third kappa shape index (κ3) is 2.10. The minimum absolute atomic E-state index is 0.310. The molecule has 2 N–H and O–H groups in total. The van der Waals surface area contributed by atoms with Gasteiger partial charge in [0.25, 0.3) is 0 Å². The molecule has 0 spiro atoms. The molecule has 18 heavy (non-hydrogen) atoms. The summed E-state index contributed by atoms with van der Waals surface area (Å²) in [5, 5.41) is 4.66. The van der Waals surface area contributed by atoms with E-state index in [-0.39, 0.29) is 0 Å². The third-order valence-electron chi connectivity index (χ3n) is 3.59. The number of hydrogen-bond donors (Lipinski definition) is 2. The molecule has 0 saturated heterocycles. The molecule has 0 bridgehead atoms. The first-order valence-corrected chi connectivity index (χ1v) is 6.85. The number of hydrogen-bond acceptors (Lipinski definition) is 2. The summed E-state index contributed by atoms with van der Waals surface area (Å²) in [7, 11) is 0. The van der Waals surface area contributed by atoms with Gasteiger partial charge in [0.2, 0.25) is 0 Å². The highest BCUT2D eigenvalue weighted by molar-refractivity contribution is 5.87. The van der Waals surface area contributed by atoms with Gasteiger partial charge in [-0.1, -0.05) is 13.0 Å². The Morgan fingerprint density at radius 3 is 3.22 bits per heavy atom. The van der Waals surface area contributed by atoms with Crippen molar-refractivity contribution in [2.45, 2.75) is 32.3 Å². The molecule has 1 aromatic carbocycles. The Balaban J connectivity index is 1.80. The van der Waals surface area contributed by atoms with Crippen LogP contribution in [0.5, 0.6) is 5.75 Å². The van der Waals surface area contributed by atoms with E-state index in [4.69, 9.17) is 4.74 Å². The summed E-state index contributed by atoms with van der Waals surface area (Å²) in [4.78, 5) is 3.24. The van der Waals surface area contributed by atoms with Crippen LogP contribution in [0.2, 0.25) is 0 Å². The van der Waals surface area contributed by atoms with E-state index in [1.807, 2.05) is 6.20 Å². The Hall–Kier alpha value is -1.48. The SMILES string of the molecule is CCCNC[C@H]1CCc2ccc3[nH]ccc3c2O1. The predicted molar refractivity (Wildman–Crippen MR) is 74.2 cm³/mol. The van der Waals surface area contributed by atoms with Crippen molar-refractivity contribution in [3.8, 4) is 5.75 Å². The van der Waals surface area contributed by atoms with Crippen LogP contribution in [0.4, 0.5) is 0 Å². The minimum Gasteiger partial charge on any atom is -0.488 e. The fraction of sp³-hybridized carbons (Fsp3) is 0.467. The van der Waals surface area contributed by atoms with Gasteiger partial charge in [0.05, 0.1) is 0 Å². The molecular formula is C15H20N2O. The summed E-state index contributed by atoms with van der Waals surface area (Å²) in [6.45, 7) is 4.21. The van der Waals surface area contributed by atoms with Gasteiger partial charge in [0.15, 0.2) is 0 Å². The van der Waals surface area contributed by atoms with Crippen molar-refractivity contribution in [1.82, 2.24) is 10.3 Å². The second kappa shape index (κ2) is 5.02. The normalized spacial score (nSPS) is 18.6. The van der Waals surface area contributed by atoms with Gasteiger partial charge < -0.3 is 15.0 Å². The quantitative estimate of drug-likeness (QED) is 0.811. The molecule has 0 radical (unpaired) electrons. The maximum absolute atomic E-state index is 6.17. The lowest BCUT2D eigenvalue weighted by Crippen LogP contribution is -2.34. The third-order valence-corrected chi connectivity index (χ3v) is 3.59. The maximum Gasteiger partial charge on any atom is 0.132 e.